The van der Waals surface area contributed by atoms with Crippen molar-refractivity contribution in [2.45, 2.75) is 19.4 Å². The summed E-state index contributed by atoms with van der Waals surface area (Å²) in [6, 6.07) is 17.2. The summed E-state index contributed by atoms with van der Waals surface area (Å²) in [5, 5.41) is 4.51. The summed E-state index contributed by atoms with van der Waals surface area (Å²) in [5.41, 5.74) is 1.81. The number of hydrogen-bond donors (Lipinski definition) is 0. The van der Waals surface area contributed by atoms with E-state index < -0.39 is 0 Å². The van der Waals surface area contributed by atoms with Crippen LogP contribution >= 0.6 is 11.6 Å². The highest BCUT2D eigenvalue weighted by Crippen LogP contribution is 2.25. The molecule has 3 aromatic rings. The quantitative estimate of drug-likeness (QED) is 0.671. The van der Waals surface area contributed by atoms with E-state index in [0.717, 1.165) is 5.56 Å². The van der Waals surface area contributed by atoms with Crippen molar-refractivity contribution in [3.05, 3.63) is 71.1 Å². The number of carbonyl (C=O) groups excluding carboxylic acids is 1. The third-order valence-electron chi connectivity index (χ3n) is 3.82. The fourth-order valence-electron chi connectivity index (χ4n) is 2.46. The molecule has 0 unspecified atom stereocenters. The van der Waals surface area contributed by atoms with E-state index in [-0.39, 0.29) is 5.91 Å². The van der Waals surface area contributed by atoms with Gasteiger partial charge in [0.25, 0.3) is 0 Å². The van der Waals surface area contributed by atoms with Gasteiger partial charge in [-0.1, -0.05) is 59.2 Å². The van der Waals surface area contributed by atoms with E-state index in [1.54, 1.807) is 18.0 Å². The highest BCUT2D eigenvalue weighted by atomic mass is 35.5. The van der Waals surface area contributed by atoms with E-state index in [0.29, 0.717) is 41.7 Å². The van der Waals surface area contributed by atoms with Crippen molar-refractivity contribution in [3.63, 3.8) is 0 Å². The normalized spacial score (nSPS) is 10.6. The SMILES string of the molecule is CN(Cc1ccccc1)C(=O)CCc1nc(-c2ccccc2Cl)no1. The minimum Gasteiger partial charge on any atom is -0.341 e. The number of aromatic nitrogens is 2. The van der Waals surface area contributed by atoms with Gasteiger partial charge in [0.05, 0.1) is 5.02 Å². The molecule has 3 rings (SSSR count). The van der Waals surface area contributed by atoms with Crippen LogP contribution in [0.5, 0.6) is 0 Å². The van der Waals surface area contributed by atoms with Crippen molar-refractivity contribution in [1.82, 2.24) is 15.0 Å². The monoisotopic (exact) mass is 355 g/mol. The van der Waals surface area contributed by atoms with E-state index >= 15 is 0 Å². The van der Waals surface area contributed by atoms with Gasteiger partial charge >= 0.3 is 0 Å². The van der Waals surface area contributed by atoms with Crippen molar-refractivity contribution in [2.24, 2.45) is 0 Å². The lowest BCUT2D eigenvalue weighted by Crippen LogP contribution is -2.26. The number of hydrogen-bond acceptors (Lipinski definition) is 4. The summed E-state index contributed by atoms with van der Waals surface area (Å²) in [7, 11) is 1.79. The lowest BCUT2D eigenvalue weighted by atomic mass is 10.2. The molecule has 0 atom stereocenters. The van der Waals surface area contributed by atoms with Crippen molar-refractivity contribution in [3.8, 4) is 11.4 Å². The van der Waals surface area contributed by atoms with E-state index in [2.05, 4.69) is 10.1 Å². The average molecular weight is 356 g/mol. The van der Waals surface area contributed by atoms with Crippen LogP contribution in [0.1, 0.15) is 17.9 Å². The number of halogens is 1. The Balaban J connectivity index is 1.57. The molecule has 0 saturated carbocycles. The maximum atomic E-state index is 12.3. The molecule has 0 radical (unpaired) electrons. The molecule has 0 bridgehead atoms. The van der Waals surface area contributed by atoms with Gasteiger partial charge in [0.2, 0.25) is 17.6 Å². The van der Waals surface area contributed by atoms with Gasteiger partial charge in [-0.25, -0.2) is 0 Å². The molecule has 0 aliphatic carbocycles. The Hall–Kier alpha value is -2.66. The number of benzene rings is 2. The molecule has 0 aliphatic rings. The molecule has 25 heavy (non-hydrogen) atoms. The minimum absolute atomic E-state index is 0.0290. The van der Waals surface area contributed by atoms with Crippen LogP contribution in [0.4, 0.5) is 0 Å². The first-order valence-corrected chi connectivity index (χ1v) is 8.36. The summed E-state index contributed by atoms with van der Waals surface area (Å²) in [6.45, 7) is 0.578. The molecule has 1 aromatic heterocycles. The van der Waals surface area contributed by atoms with Gasteiger partial charge in [0, 0.05) is 32.0 Å². The Bertz CT molecular complexity index is 849. The third-order valence-corrected chi connectivity index (χ3v) is 4.15. The van der Waals surface area contributed by atoms with Crippen LogP contribution in [0.15, 0.2) is 59.1 Å². The first-order chi connectivity index (χ1) is 12.1. The largest absolute Gasteiger partial charge is 0.341 e. The van der Waals surface area contributed by atoms with E-state index in [1.807, 2.05) is 48.5 Å². The van der Waals surface area contributed by atoms with Crippen molar-refractivity contribution >= 4 is 17.5 Å². The standard InChI is InChI=1S/C19H18ClN3O2/c1-23(13-14-7-3-2-4-8-14)18(24)12-11-17-21-19(22-25-17)15-9-5-6-10-16(15)20/h2-10H,11-13H2,1H3. The predicted molar refractivity (Wildman–Crippen MR) is 96.0 cm³/mol. The minimum atomic E-state index is 0.0290. The second-order valence-electron chi connectivity index (χ2n) is 5.73. The summed E-state index contributed by atoms with van der Waals surface area (Å²) in [6.07, 6.45) is 0.711. The van der Waals surface area contributed by atoms with E-state index in [9.17, 15) is 4.79 Å². The molecular formula is C19H18ClN3O2. The molecule has 2 aromatic carbocycles. The fraction of sp³-hybridized carbons (Fsp3) is 0.211. The van der Waals surface area contributed by atoms with E-state index in [1.165, 1.54) is 0 Å². The summed E-state index contributed by atoms with van der Waals surface area (Å²) >= 11 is 6.13. The molecule has 5 nitrogen and oxygen atoms in total. The first-order valence-electron chi connectivity index (χ1n) is 7.99. The van der Waals surface area contributed by atoms with Crippen LogP contribution in [0, 0.1) is 0 Å². The molecule has 128 valence electrons. The molecule has 0 spiro atoms. The topological polar surface area (TPSA) is 59.2 Å². The third kappa shape index (κ3) is 4.45. The molecule has 6 heteroatoms. The molecule has 0 N–H and O–H groups in total. The summed E-state index contributed by atoms with van der Waals surface area (Å²) in [4.78, 5) is 18.3. The van der Waals surface area contributed by atoms with Gasteiger partial charge in [-0.3, -0.25) is 4.79 Å². The fourth-order valence-corrected chi connectivity index (χ4v) is 2.68. The zero-order valence-electron chi connectivity index (χ0n) is 13.9. The number of carbonyl (C=O) groups is 1. The first kappa shape index (κ1) is 17.2. The molecule has 1 amide bonds. The van der Waals surface area contributed by atoms with Gasteiger partial charge in [-0.15, -0.1) is 0 Å². The zero-order chi connectivity index (χ0) is 17.6. The van der Waals surface area contributed by atoms with Gasteiger partial charge in [0.1, 0.15) is 0 Å². The Morgan fingerprint density at radius 1 is 1.12 bits per heavy atom. The van der Waals surface area contributed by atoms with Crippen molar-refractivity contribution < 1.29 is 9.32 Å². The summed E-state index contributed by atoms with van der Waals surface area (Å²) in [5.74, 6) is 0.892. The molecular weight excluding hydrogens is 338 g/mol. The maximum absolute atomic E-state index is 12.3. The highest BCUT2D eigenvalue weighted by molar-refractivity contribution is 6.33. The van der Waals surface area contributed by atoms with Crippen molar-refractivity contribution in [1.29, 1.82) is 0 Å². The lowest BCUT2D eigenvalue weighted by molar-refractivity contribution is -0.130. The van der Waals surface area contributed by atoms with Crippen LogP contribution in [0.2, 0.25) is 5.02 Å². The predicted octanol–water partition coefficient (Wildman–Crippen LogP) is 3.98. The lowest BCUT2D eigenvalue weighted by Gasteiger charge is -2.16. The smallest absolute Gasteiger partial charge is 0.227 e. The highest BCUT2D eigenvalue weighted by Gasteiger charge is 2.14. The number of rotatable bonds is 6. The van der Waals surface area contributed by atoms with Gasteiger partial charge in [-0.05, 0) is 17.7 Å². The molecule has 0 aliphatic heterocycles. The summed E-state index contributed by atoms with van der Waals surface area (Å²) < 4.78 is 5.23. The number of aryl methyl sites for hydroxylation is 1. The van der Waals surface area contributed by atoms with E-state index in [4.69, 9.17) is 16.1 Å². The van der Waals surface area contributed by atoms with Gasteiger partial charge < -0.3 is 9.42 Å². The Labute approximate surface area is 151 Å². The molecule has 0 fully saturated rings. The Kier molecular flexibility index (Phi) is 5.46. The van der Waals surface area contributed by atoms with Gasteiger partial charge in [-0.2, -0.15) is 4.98 Å². The molecule has 0 saturated heterocycles. The van der Waals surface area contributed by atoms with Crippen LogP contribution in [-0.4, -0.2) is 28.0 Å². The second kappa shape index (κ2) is 7.94. The second-order valence-corrected chi connectivity index (χ2v) is 6.13. The van der Waals surface area contributed by atoms with Crippen LogP contribution in [0.25, 0.3) is 11.4 Å². The zero-order valence-corrected chi connectivity index (χ0v) is 14.6. The van der Waals surface area contributed by atoms with Crippen molar-refractivity contribution in [2.75, 3.05) is 7.05 Å². The molecule has 1 heterocycles. The number of amides is 1. The maximum Gasteiger partial charge on any atom is 0.227 e. The van der Waals surface area contributed by atoms with Crippen LogP contribution in [-0.2, 0) is 17.8 Å². The number of nitrogens with zero attached hydrogens (tertiary/aromatic N) is 3. The Morgan fingerprint density at radius 2 is 1.84 bits per heavy atom. The van der Waals surface area contributed by atoms with Crippen LogP contribution in [0.3, 0.4) is 0 Å². The van der Waals surface area contributed by atoms with Crippen LogP contribution < -0.4 is 0 Å². The van der Waals surface area contributed by atoms with Gasteiger partial charge in [0.15, 0.2) is 0 Å². The average Bonchev–Trinajstić information content (AvgIpc) is 3.09. The Morgan fingerprint density at radius 3 is 2.60 bits per heavy atom.